The molecule has 2 aromatic carbocycles. The third kappa shape index (κ3) is 5.61. The number of methoxy groups -OCH3 is 1. The Bertz CT molecular complexity index is 1370. The number of nitrogens with zero attached hydrogens (tertiary/aromatic N) is 4. The van der Waals surface area contributed by atoms with Gasteiger partial charge in [0.25, 0.3) is 0 Å². The summed E-state index contributed by atoms with van der Waals surface area (Å²) in [7, 11) is 1.58. The molecule has 4 aromatic rings. The molecule has 2 N–H and O–H groups in total. The zero-order chi connectivity index (χ0) is 24.9. The molecule has 0 aliphatic heterocycles. The van der Waals surface area contributed by atoms with Crippen molar-refractivity contribution < 1.29 is 19.2 Å². The largest absolute Gasteiger partial charge is 0.497 e. The number of carbonyl (C=O) groups excluding carboxylic acids is 1. The Hall–Kier alpha value is -4.32. The van der Waals surface area contributed by atoms with E-state index in [1.165, 1.54) is 17.7 Å². The van der Waals surface area contributed by atoms with E-state index < -0.39 is 10.9 Å². The van der Waals surface area contributed by atoms with Gasteiger partial charge in [0.05, 0.1) is 34.4 Å². The lowest BCUT2D eigenvalue weighted by molar-refractivity contribution is -0.383. The van der Waals surface area contributed by atoms with Gasteiger partial charge < -0.3 is 20.1 Å². The van der Waals surface area contributed by atoms with Crippen LogP contribution in [-0.4, -0.2) is 39.6 Å². The maximum atomic E-state index is 12.1. The maximum absolute atomic E-state index is 12.1. The lowest BCUT2D eigenvalue weighted by Crippen LogP contribution is -2.10. The van der Waals surface area contributed by atoms with Crippen molar-refractivity contribution in [2.24, 2.45) is 5.92 Å². The number of nitrogens with one attached hydrogen (secondary N) is 2. The number of nitro groups is 1. The number of hydrogen-bond donors (Lipinski definition) is 2. The van der Waals surface area contributed by atoms with Gasteiger partial charge in [-0.25, -0.2) is 19.7 Å². The molecule has 0 fully saturated rings. The molecule has 0 bridgehead atoms. The van der Waals surface area contributed by atoms with Crippen LogP contribution in [0, 0.1) is 16.0 Å². The normalized spacial score (nSPS) is 10.9. The van der Waals surface area contributed by atoms with Gasteiger partial charge in [-0.15, -0.1) is 0 Å². The maximum Gasteiger partial charge on any atom is 0.353 e. The Morgan fingerprint density at radius 3 is 2.49 bits per heavy atom. The van der Waals surface area contributed by atoms with Gasteiger partial charge in [-0.1, -0.05) is 25.2 Å². The molecule has 2 aromatic heterocycles. The second-order valence-corrected chi connectivity index (χ2v) is 8.88. The molecule has 0 atom stereocenters. The minimum atomic E-state index is -0.571. The molecule has 0 amide bonds. The van der Waals surface area contributed by atoms with Gasteiger partial charge in [-0.2, -0.15) is 0 Å². The molecule has 0 aliphatic rings. The summed E-state index contributed by atoms with van der Waals surface area (Å²) < 4.78 is 11.3. The molecule has 2 heterocycles. The van der Waals surface area contributed by atoms with Gasteiger partial charge in [-0.3, -0.25) is 10.1 Å². The van der Waals surface area contributed by atoms with Crippen LogP contribution in [-0.2, 0) is 4.74 Å². The van der Waals surface area contributed by atoms with E-state index in [1.807, 2.05) is 19.9 Å². The van der Waals surface area contributed by atoms with Gasteiger partial charge in [0.15, 0.2) is 5.13 Å². The van der Waals surface area contributed by atoms with E-state index in [1.54, 1.807) is 43.5 Å². The molecule has 4 rings (SSSR count). The molecule has 12 heteroatoms. The number of fused-ring (bicyclic) bond motifs is 1. The van der Waals surface area contributed by atoms with Crippen molar-refractivity contribution in [3.05, 3.63) is 64.5 Å². The van der Waals surface area contributed by atoms with E-state index in [0.717, 1.165) is 10.2 Å². The average Bonchev–Trinajstić information content (AvgIpc) is 3.24. The van der Waals surface area contributed by atoms with Crippen LogP contribution in [0.5, 0.6) is 5.75 Å². The fourth-order valence-corrected chi connectivity index (χ4v) is 3.97. The molecule has 180 valence electrons. The van der Waals surface area contributed by atoms with Gasteiger partial charge in [-0.05, 0) is 48.4 Å². The minimum absolute atomic E-state index is 0.00703. The number of carbonyl (C=O) groups is 1. The Kier molecular flexibility index (Phi) is 7.01. The van der Waals surface area contributed by atoms with E-state index in [9.17, 15) is 14.9 Å². The number of anilines is 4. The number of benzene rings is 2. The SMILES string of the molecule is COc1ccc2nc(Nc3ncnc(Nc4ccc(C(=O)OCC(C)C)cc4)c3[N+](=O)[O-])sc2c1. The first-order valence-corrected chi connectivity index (χ1v) is 11.4. The lowest BCUT2D eigenvalue weighted by Gasteiger charge is -2.10. The fourth-order valence-electron chi connectivity index (χ4n) is 3.07. The predicted octanol–water partition coefficient (Wildman–Crippen LogP) is 5.30. The summed E-state index contributed by atoms with van der Waals surface area (Å²) in [6, 6.07) is 11.8. The topological polar surface area (TPSA) is 141 Å². The first-order valence-electron chi connectivity index (χ1n) is 10.6. The van der Waals surface area contributed by atoms with Gasteiger partial charge in [0.1, 0.15) is 12.1 Å². The van der Waals surface area contributed by atoms with Crippen molar-refractivity contribution in [3.8, 4) is 5.75 Å². The van der Waals surface area contributed by atoms with Crippen LogP contribution in [0.15, 0.2) is 48.8 Å². The molecule has 0 radical (unpaired) electrons. The third-order valence-electron chi connectivity index (χ3n) is 4.76. The summed E-state index contributed by atoms with van der Waals surface area (Å²) in [5, 5.41) is 18.2. The van der Waals surface area contributed by atoms with Crippen LogP contribution in [0.2, 0.25) is 0 Å². The van der Waals surface area contributed by atoms with Crippen molar-refractivity contribution in [2.75, 3.05) is 24.4 Å². The predicted molar refractivity (Wildman–Crippen MR) is 133 cm³/mol. The Labute approximate surface area is 204 Å². The molecule has 0 unspecified atom stereocenters. The second-order valence-electron chi connectivity index (χ2n) is 7.85. The van der Waals surface area contributed by atoms with Gasteiger partial charge in [0.2, 0.25) is 11.6 Å². The van der Waals surface area contributed by atoms with E-state index in [0.29, 0.717) is 28.7 Å². The summed E-state index contributed by atoms with van der Waals surface area (Å²) >= 11 is 1.31. The number of esters is 1. The minimum Gasteiger partial charge on any atom is -0.497 e. The fraction of sp³-hybridized carbons (Fsp3) is 0.217. The van der Waals surface area contributed by atoms with Crippen molar-refractivity contribution in [3.63, 3.8) is 0 Å². The quantitative estimate of drug-likeness (QED) is 0.179. The molecule has 0 saturated heterocycles. The highest BCUT2D eigenvalue weighted by Gasteiger charge is 2.24. The second kappa shape index (κ2) is 10.3. The molecule has 0 aliphatic carbocycles. The van der Waals surface area contributed by atoms with Crippen molar-refractivity contribution >= 4 is 55.7 Å². The summed E-state index contributed by atoms with van der Waals surface area (Å²) in [6.07, 6.45) is 1.21. The van der Waals surface area contributed by atoms with Crippen molar-refractivity contribution in [1.29, 1.82) is 0 Å². The van der Waals surface area contributed by atoms with Gasteiger partial charge >= 0.3 is 11.7 Å². The monoisotopic (exact) mass is 494 g/mol. The summed E-state index contributed by atoms with van der Waals surface area (Å²) in [4.78, 5) is 36.0. The molecular weight excluding hydrogens is 472 g/mol. The standard InChI is InChI=1S/C23H22N6O5S/c1-13(2)11-34-22(30)14-4-6-15(7-5-14)26-20-19(29(31)32)21(25-12-24-20)28-23-27-17-9-8-16(33-3)10-18(17)35-23/h4-10,12-13H,11H2,1-3H3,(H2,24,25,26,27,28). The van der Waals surface area contributed by atoms with E-state index in [4.69, 9.17) is 9.47 Å². The van der Waals surface area contributed by atoms with E-state index in [-0.39, 0.29) is 23.2 Å². The molecule has 0 spiro atoms. The molecule has 35 heavy (non-hydrogen) atoms. The number of rotatable bonds is 9. The van der Waals surface area contributed by atoms with Crippen LogP contribution >= 0.6 is 11.3 Å². The smallest absolute Gasteiger partial charge is 0.353 e. The molecule has 0 saturated carbocycles. The highest BCUT2D eigenvalue weighted by atomic mass is 32.1. The highest BCUT2D eigenvalue weighted by molar-refractivity contribution is 7.22. The van der Waals surface area contributed by atoms with Crippen LogP contribution in [0.3, 0.4) is 0 Å². The first-order chi connectivity index (χ1) is 16.8. The third-order valence-corrected chi connectivity index (χ3v) is 5.69. The number of ether oxygens (including phenoxy) is 2. The van der Waals surface area contributed by atoms with Crippen molar-refractivity contribution in [2.45, 2.75) is 13.8 Å². The van der Waals surface area contributed by atoms with Crippen LogP contribution in [0.4, 0.5) is 28.1 Å². The Morgan fingerprint density at radius 1 is 1.11 bits per heavy atom. The van der Waals surface area contributed by atoms with Gasteiger partial charge in [0, 0.05) is 5.69 Å². The summed E-state index contributed by atoms with van der Waals surface area (Å²) in [5.74, 6) is 0.467. The van der Waals surface area contributed by atoms with Crippen LogP contribution < -0.4 is 15.4 Å². The summed E-state index contributed by atoms with van der Waals surface area (Å²) in [6.45, 7) is 4.22. The Morgan fingerprint density at radius 2 is 1.83 bits per heavy atom. The lowest BCUT2D eigenvalue weighted by atomic mass is 10.2. The number of hydrogen-bond acceptors (Lipinski definition) is 11. The van der Waals surface area contributed by atoms with E-state index in [2.05, 4.69) is 25.6 Å². The summed E-state index contributed by atoms with van der Waals surface area (Å²) in [5.41, 5.74) is 1.26. The number of thiazole rings is 1. The number of aromatic nitrogens is 3. The zero-order valence-corrected chi connectivity index (χ0v) is 20.0. The molecule has 11 nitrogen and oxygen atoms in total. The van der Waals surface area contributed by atoms with Crippen LogP contribution in [0.25, 0.3) is 10.2 Å². The Balaban J connectivity index is 1.56. The highest BCUT2D eigenvalue weighted by Crippen LogP contribution is 2.36. The van der Waals surface area contributed by atoms with Crippen molar-refractivity contribution in [1.82, 2.24) is 15.0 Å². The van der Waals surface area contributed by atoms with Crippen LogP contribution in [0.1, 0.15) is 24.2 Å². The first kappa shape index (κ1) is 23.8. The average molecular weight is 495 g/mol. The zero-order valence-electron chi connectivity index (χ0n) is 19.1. The molecular formula is C23H22N6O5S. The van der Waals surface area contributed by atoms with E-state index >= 15 is 0 Å².